The fourth-order valence-electron chi connectivity index (χ4n) is 2.70. The van der Waals surface area contributed by atoms with Gasteiger partial charge in [-0.15, -0.1) is 4.40 Å². The summed E-state index contributed by atoms with van der Waals surface area (Å²) in [5, 5.41) is 3.15. The molecule has 0 aliphatic carbocycles. The summed E-state index contributed by atoms with van der Waals surface area (Å²) in [5.74, 6) is 0.456. The molecule has 0 saturated heterocycles. The van der Waals surface area contributed by atoms with Crippen molar-refractivity contribution < 1.29 is 17.9 Å². The first-order chi connectivity index (χ1) is 12.5. The molecule has 2 aliphatic heterocycles. The molecule has 0 atom stereocenters. The topological polar surface area (TPSA) is 101 Å². The Labute approximate surface area is 154 Å². The number of ether oxygens (including phenoxy) is 1. The van der Waals surface area contributed by atoms with E-state index in [1.807, 2.05) is 4.90 Å². The second-order valence-electron chi connectivity index (χ2n) is 5.60. The molecule has 8 nitrogen and oxygen atoms in total. The van der Waals surface area contributed by atoms with Crippen molar-refractivity contribution in [3.05, 3.63) is 42.1 Å². The van der Waals surface area contributed by atoms with Crippen LogP contribution in [0.4, 0.5) is 11.5 Å². The number of carbonyl (C=O) groups excluding carboxylic acids is 1. The molecule has 0 fully saturated rings. The van der Waals surface area contributed by atoms with Crippen molar-refractivity contribution in [1.82, 2.24) is 4.98 Å². The highest BCUT2D eigenvalue weighted by atomic mass is 32.2. The van der Waals surface area contributed by atoms with E-state index in [1.54, 1.807) is 36.5 Å². The van der Waals surface area contributed by atoms with E-state index in [0.29, 0.717) is 28.8 Å². The zero-order chi connectivity index (χ0) is 18.3. The third-order valence-electron chi connectivity index (χ3n) is 3.96. The first-order valence-electron chi connectivity index (χ1n) is 7.69. The Balaban J connectivity index is 1.61. The van der Waals surface area contributed by atoms with Crippen molar-refractivity contribution in [2.45, 2.75) is 4.90 Å². The molecule has 0 bridgehead atoms. The highest BCUT2D eigenvalue weighted by Crippen LogP contribution is 2.42. The smallest absolute Gasteiger partial charge is 0.257 e. The summed E-state index contributed by atoms with van der Waals surface area (Å²) in [6.45, 7) is 0.359. The minimum Gasteiger partial charge on any atom is -0.493 e. The van der Waals surface area contributed by atoms with Gasteiger partial charge in [-0.25, -0.2) is 13.4 Å². The van der Waals surface area contributed by atoms with Gasteiger partial charge in [-0.1, -0.05) is 0 Å². The van der Waals surface area contributed by atoms with Gasteiger partial charge >= 0.3 is 0 Å². The normalized spacial score (nSPS) is 17.1. The number of pyridine rings is 1. The van der Waals surface area contributed by atoms with Crippen molar-refractivity contribution in [3.8, 4) is 5.75 Å². The Morgan fingerprint density at radius 1 is 1.35 bits per heavy atom. The third kappa shape index (κ3) is 3.01. The van der Waals surface area contributed by atoms with Crippen molar-refractivity contribution in [1.29, 1.82) is 0 Å². The van der Waals surface area contributed by atoms with Crippen LogP contribution in [0.25, 0.3) is 0 Å². The molecule has 134 valence electrons. The minimum absolute atomic E-state index is 0.0157. The number of anilines is 2. The number of aromatic nitrogens is 1. The standard InChI is InChI=1S/C16H14N4O4S2/c1-24-12-3-2-6-17-14(12)18-15(21)10-4-5-11-13(9-10)25-16-19-26(22,23)8-7-20(11)16/h2-6,9H,7-8H2,1H3,(H,17,18,21). The number of hydrogen-bond acceptors (Lipinski definition) is 7. The van der Waals surface area contributed by atoms with Gasteiger partial charge in [0.05, 0.1) is 18.6 Å². The second kappa shape index (κ2) is 6.29. The Kier molecular flexibility index (Phi) is 4.08. The number of fused-ring (bicyclic) bond motifs is 3. The molecule has 26 heavy (non-hydrogen) atoms. The van der Waals surface area contributed by atoms with E-state index < -0.39 is 10.0 Å². The van der Waals surface area contributed by atoms with Crippen LogP contribution in [0, 0.1) is 0 Å². The molecule has 1 amide bonds. The van der Waals surface area contributed by atoms with Gasteiger partial charge in [-0.3, -0.25) is 4.79 Å². The SMILES string of the molecule is COc1cccnc1NC(=O)c1ccc2c(c1)SC1=NS(=O)(=O)CCN12. The molecule has 10 heteroatoms. The van der Waals surface area contributed by atoms with E-state index in [-0.39, 0.29) is 11.7 Å². The van der Waals surface area contributed by atoms with Crippen LogP contribution in [0.3, 0.4) is 0 Å². The van der Waals surface area contributed by atoms with Crippen LogP contribution in [0.15, 0.2) is 45.8 Å². The summed E-state index contributed by atoms with van der Waals surface area (Å²) in [6.07, 6.45) is 1.56. The third-order valence-corrected chi connectivity index (χ3v) is 6.26. The molecular formula is C16H14N4O4S2. The predicted molar refractivity (Wildman–Crippen MR) is 99.6 cm³/mol. The minimum atomic E-state index is -3.41. The first-order valence-corrected chi connectivity index (χ1v) is 10.1. The van der Waals surface area contributed by atoms with Crippen LogP contribution in [0.1, 0.15) is 10.4 Å². The van der Waals surface area contributed by atoms with Gasteiger partial charge < -0.3 is 15.0 Å². The molecule has 3 heterocycles. The zero-order valence-corrected chi connectivity index (χ0v) is 15.3. The lowest BCUT2D eigenvalue weighted by Gasteiger charge is -2.22. The van der Waals surface area contributed by atoms with Crippen LogP contribution in [0.5, 0.6) is 5.75 Å². The van der Waals surface area contributed by atoms with E-state index in [1.165, 1.54) is 18.9 Å². The number of nitrogens with zero attached hydrogens (tertiary/aromatic N) is 3. The number of rotatable bonds is 3. The number of thioether (sulfide) groups is 1. The maximum absolute atomic E-state index is 12.5. The average molecular weight is 390 g/mol. The average Bonchev–Trinajstić information content (AvgIpc) is 2.97. The van der Waals surface area contributed by atoms with Crippen LogP contribution in [-0.2, 0) is 10.0 Å². The van der Waals surface area contributed by atoms with Crippen molar-refractivity contribution in [2.75, 3.05) is 29.6 Å². The molecular weight excluding hydrogens is 376 g/mol. The summed E-state index contributed by atoms with van der Waals surface area (Å²) in [7, 11) is -1.90. The van der Waals surface area contributed by atoms with E-state index in [4.69, 9.17) is 4.74 Å². The fourth-order valence-corrected chi connectivity index (χ4v) is 5.00. The van der Waals surface area contributed by atoms with Crippen molar-refractivity contribution in [3.63, 3.8) is 0 Å². The van der Waals surface area contributed by atoms with Gasteiger partial charge in [0.2, 0.25) is 0 Å². The Morgan fingerprint density at radius 3 is 3.00 bits per heavy atom. The largest absolute Gasteiger partial charge is 0.493 e. The van der Waals surface area contributed by atoms with Crippen LogP contribution >= 0.6 is 11.8 Å². The molecule has 1 aromatic heterocycles. The Bertz CT molecular complexity index is 1040. The zero-order valence-electron chi connectivity index (χ0n) is 13.7. The lowest BCUT2D eigenvalue weighted by molar-refractivity contribution is 0.102. The molecule has 2 aromatic rings. The maximum Gasteiger partial charge on any atom is 0.257 e. The van der Waals surface area contributed by atoms with Crippen molar-refractivity contribution in [2.24, 2.45) is 4.40 Å². The van der Waals surface area contributed by atoms with Gasteiger partial charge in [0.1, 0.15) is 0 Å². The lowest BCUT2D eigenvalue weighted by atomic mass is 10.2. The monoisotopic (exact) mass is 390 g/mol. The van der Waals surface area contributed by atoms with Crippen molar-refractivity contribution >= 4 is 44.4 Å². The van der Waals surface area contributed by atoms with Gasteiger partial charge in [0, 0.05) is 23.2 Å². The number of hydrogen-bond donors (Lipinski definition) is 1. The number of amides is 1. The van der Waals surface area contributed by atoms with Crippen LogP contribution < -0.4 is 15.0 Å². The highest BCUT2D eigenvalue weighted by Gasteiger charge is 2.33. The van der Waals surface area contributed by atoms with Gasteiger partial charge in [-0.2, -0.15) is 0 Å². The summed E-state index contributed by atoms with van der Waals surface area (Å²) in [5.41, 5.74) is 1.29. The number of sulfonamides is 1. The van der Waals surface area contributed by atoms with Gasteiger partial charge in [0.25, 0.3) is 15.9 Å². The van der Waals surface area contributed by atoms with E-state index in [0.717, 1.165) is 10.6 Å². The summed E-state index contributed by atoms with van der Waals surface area (Å²) < 4.78 is 32.3. The second-order valence-corrected chi connectivity index (χ2v) is 8.37. The van der Waals surface area contributed by atoms with Crippen LogP contribution in [-0.4, -0.2) is 43.9 Å². The number of carbonyl (C=O) groups is 1. The lowest BCUT2D eigenvalue weighted by Crippen LogP contribution is -2.35. The van der Waals surface area contributed by atoms with E-state index in [9.17, 15) is 13.2 Å². The maximum atomic E-state index is 12.5. The number of nitrogens with one attached hydrogen (secondary N) is 1. The molecule has 1 N–H and O–H groups in total. The Morgan fingerprint density at radius 2 is 2.19 bits per heavy atom. The van der Waals surface area contributed by atoms with E-state index in [2.05, 4.69) is 14.7 Å². The van der Waals surface area contributed by atoms with Crippen LogP contribution in [0.2, 0.25) is 0 Å². The molecule has 0 spiro atoms. The quantitative estimate of drug-likeness (QED) is 0.855. The Hall–Kier alpha value is -2.59. The first kappa shape index (κ1) is 16.9. The van der Waals surface area contributed by atoms with Gasteiger partial charge in [0.15, 0.2) is 16.7 Å². The summed E-state index contributed by atoms with van der Waals surface area (Å²) in [4.78, 5) is 19.3. The molecule has 0 saturated carbocycles. The molecule has 0 unspecified atom stereocenters. The van der Waals surface area contributed by atoms with E-state index >= 15 is 0 Å². The number of benzene rings is 1. The predicted octanol–water partition coefficient (Wildman–Crippen LogP) is 1.95. The molecule has 0 radical (unpaired) electrons. The molecule has 1 aromatic carbocycles. The van der Waals surface area contributed by atoms with Gasteiger partial charge in [-0.05, 0) is 42.1 Å². The number of methoxy groups -OCH3 is 1. The highest BCUT2D eigenvalue weighted by molar-refractivity contribution is 8.15. The number of amidine groups is 1. The fraction of sp³-hybridized carbons (Fsp3) is 0.188. The molecule has 4 rings (SSSR count). The molecule has 2 aliphatic rings. The summed E-state index contributed by atoms with van der Waals surface area (Å²) >= 11 is 1.24. The summed E-state index contributed by atoms with van der Waals surface area (Å²) in [6, 6.07) is 8.63.